The van der Waals surface area contributed by atoms with Gasteiger partial charge in [-0.1, -0.05) is 29.7 Å². The lowest BCUT2D eigenvalue weighted by atomic mass is 9.50. The van der Waals surface area contributed by atoms with Gasteiger partial charge in [-0.25, -0.2) is 4.57 Å². The first kappa shape index (κ1) is 9.81. The zero-order chi connectivity index (χ0) is 16.8. The van der Waals surface area contributed by atoms with E-state index in [2.05, 4.69) is 43.2 Å². The van der Waals surface area contributed by atoms with Crippen molar-refractivity contribution in [3.05, 3.63) is 58.6 Å². The molecule has 20 heavy (non-hydrogen) atoms. The molecule has 2 heterocycles. The van der Waals surface area contributed by atoms with Crippen LogP contribution in [0.4, 0.5) is 0 Å². The zero-order valence-electron chi connectivity index (χ0n) is 15.1. The van der Waals surface area contributed by atoms with Crippen molar-refractivity contribution in [2.75, 3.05) is 7.05 Å². The van der Waals surface area contributed by atoms with Crippen molar-refractivity contribution in [2.45, 2.75) is 13.8 Å². The highest BCUT2D eigenvalue weighted by molar-refractivity contribution is 6.85. The number of pyridine rings is 1. The van der Waals surface area contributed by atoms with Crippen LogP contribution in [0.1, 0.15) is 16.6 Å². The molecule has 1 aromatic heterocycles. The molecule has 100 valence electrons. The minimum absolute atomic E-state index is 0.0977. The molecule has 0 atom stereocenters. The van der Waals surface area contributed by atoms with Gasteiger partial charge in [0.2, 0.25) is 0 Å². The molecule has 2 nitrogen and oxygen atoms in total. The SMILES string of the molecule is [2H]C([2H])([2H])c1ccc(B2C(C)=c3ccccc3=CN2C)[n+](C)c1. The van der Waals surface area contributed by atoms with E-state index >= 15 is 0 Å². The van der Waals surface area contributed by atoms with Crippen molar-refractivity contribution in [1.82, 2.24) is 4.81 Å². The Kier molecular flexibility index (Phi) is 2.37. The summed E-state index contributed by atoms with van der Waals surface area (Å²) < 4.78 is 24.6. The average Bonchev–Trinajstić information content (AvgIpc) is 2.47. The largest absolute Gasteiger partial charge is 0.410 e. The first-order valence-corrected chi connectivity index (χ1v) is 6.79. The molecule has 2 aromatic rings. The van der Waals surface area contributed by atoms with E-state index in [-0.39, 0.29) is 6.85 Å². The third-order valence-electron chi connectivity index (χ3n) is 4.00. The predicted molar refractivity (Wildman–Crippen MR) is 84.7 cm³/mol. The number of nitrogens with zero attached hydrogens (tertiary/aromatic N) is 2. The lowest BCUT2D eigenvalue weighted by Gasteiger charge is -2.25. The smallest absolute Gasteiger partial charge is 0.399 e. The Morgan fingerprint density at radius 3 is 2.75 bits per heavy atom. The monoisotopic (exact) mass is 266 g/mol. The topological polar surface area (TPSA) is 7.12 Å². The molecular formula is C17H20BN2+. The zero-order valence-corrected chi connectivity index (χ0v) is 12.1. The molecule has 1 aromatic carbocycles. The Balaban J connectivity index is 2.15. The fraction of sp³-hybridized carbons (Fsp3) is 0.235. The number of aryl methyl sites for hydroxylation is 2. The molecule has 0 unspecified atom stereocenters. The summed E-state index contributed by atoms with van der Waals surface area (Å²) in [4.78, 5) is 2.18. The van der Waals surface area contributed by atoms with Gasteiger partial charge in [-0.05, 0) is 49.6 Å². The van der Waals surface area contributed by atoms with Gasteiger partial charge < -0.3 is 4.81 Å². The van der Waals surface area contributed by atoms with E-state index in [1.165, 1.54) is 15.9 Å². The highest BCUT2D eigenvalue weighted by Crippen LogP contribution is 2.06. The standard InChI is InChI=1S/C17H20BN2/c1-13-9-10-17(19(3)11-13)18-14(2)16-8-6-5-7-15(16)12-20(18)4/h5-12H,1-4H3/q+1/i1D3. The summed E-state index contributed by atoms with van der Waals surface area (Å²) in [5.74, 6) is 0. The van der Waals surface area contributed by atoms with Gasteiger partial charge in [0.05, 0.1) is 0 Å². The lowest BCUT2D eigenvalue weighted by Crippen LogP contribution is -2.62. The van der Waals surface area contributed by atoms with Gasteiger partial charge in [0, 0.05) is 9.68 Å². The summed E-state index contributed by atoms with van der Waals surface area (Å²) in [6.07, 6.45) is 3.86. The second kappa shape index (κ2) is 4.82. The highest BCUT2D eigenvalue weighted by atomic mass is 15.0. The van der Waals surface area contributed by atoms with E-state index in [0.29, 0.717) is 5.56 Å². The molecule has 0 fully saturated rings. The third-order valence-corrected chi connectivity index (χ3v) is 4.00. The summed E-state index contributed by atoms with van der Waals surface area (Å²) in [6, 6.07) is 12.0. The molecule has 1 aliphatic heterocycles. The number of fused-ring (bicyclic) bond motifs is 1. The van der Waals surface area contributed by atoms with Crippen LogP contribution in [0.5, 0.6) is 0 Å². The molecule has 0 bridgehead atoms. The van der Waals surface area contributed by atoms with Gasteiger partial charge in [-0.2, -0.15) is 0 Å². The molecule has 0 N–H and O–H groups in total. The molecule has 0 saturated heterocycles. The van der Waals surface area contributed by atoms with Crippen LogP contribution in [-0.4, -0.2) is 18.7 Å². The van der Waals surface area contributed by atoms with E-state index in [9.17, 15) is 0 Å². The second-order valence-corrected chi connectivity index (χ2v) is 5.42. The van der Waals surface area contributed by atoms with Crippen molar-refractivity contribution in [1.29, 1.82) is 0 Å². The molecule has 0 amide bonds. The molecule has 0 aliphatic carbocycles. The molecule has 3 rings (SSSR count). The van der Waals surface area contributed by atoms with Crippen molar-refractivity contribution in [3.8, 4) is 0 Å². The van der Waals surface area contributed by atoms with Crippen LogP contribution >= 0.6 is 0 Å². The molecular weight excluding hydrogens is 243 g/mol. The fourth-order valence-corrected chi connectivity index (χ4v) is 3.05. The van der Waals surface area contributed by atoms with E-state index in [1.807, 2.05) is 23.7 Å². The minimum atomic E-state index is -2.08. The summed E-state index contributed by atoms with van der Waals surface area (Å²) >= 11 is 0. The summed E-state index contributed by atoms with van der Waals surface area (Å²) in [7, 11) is 3.97. The quantitative estimate of drug-likeness (QED) is 0.525. The Labute approximate surface area is 125 Å². The normalized spacial score (nSPS) is 16.9. The number of rotatable bonds is 1. The summed E-state index contributed by atoms with van der Waals surface area (Å²) in [5, 5.41) is 2.46. The third kappa shape index (κ3) is 2.03. The van der Waals surface area contributed by atoms with E-state index in [1.54, 1.807) is 12.3 Å². The predicted octanol–water partition coefficient (Wildman–Crippen LogP) is 0.111. The minimum Gasteiger partial charge on any atom is -0.410 e. The number of hydrogen-bond donors (Lipinski definition) is 0. The van der Waals surface area contributed by atoms with Crippen molar-refractivity contribution >= 4 is 24.1 Å². The number of benzene rings is 1. The Bertz CT molecular complexity index is 874. The van der Waals surface area contributed by atoms with Crippen LogP contribution < -0.4 is 20.6 Å². The van der Waals surface area contributed by atoms with Gasteiger partial charge in [0.1, 0.15) is 7.05 Å². The summed E-state index contributed by atoms with van der Waals surface area (Å²) in [5.41, 5.74) is 2.70. The van der Waals surface area contributed by atoms with Crippen molar-refractivity contribution < 1.29 is 8.68 Å². The van der Waals surface area contributed by atoms with Crippen LogP contribution in [0.2, 0.25) is 0 Å². The van der Waals surface area contributed by atoms with Crippen molar-refractivity contribution in [2.24, 2.45) is 7.05 Å². The van der Waals surface area contributed by atoms with E-state index < -0.39 is 6.85 Å². The molecule has 0 spiro atoms. The van der Waals surface area contributed by atoms with Crippen LogP contribution in [0.3, 0.4) is 0 Å². The van der Waals surface area contributed by atoms with Gasteiger partial charge >= 0.3 is 6.85 Å². The van der Waals surface area contributed by atoms with E-state index in [0.717, 1.165) is 5.59 Å². The Hall–Kier alpha value is -2.03. The Morgan fingerprint density at radius 1 is 1.20 bits per heavy atom. The van der Waals surface area contributed by atoms with Crippen LogP contribution in [0.25, 0.3) is 11.7 Å². The molecule has 0 radical (unpaired) electrons. The summed E-state index contributed by atoms with van der Waals surface area (Å²) in [6.45, 7) is 0.164. The first-order valence-electron chi connectivity index (χ1n) is 8.29. The van der Waals surface area contributed by atoms with Crippen LogP contribution in [-0.2, 0) is 7.05 Å². The maximum atomic E-state index is 7.56. The average molecular weight is 266 g/mol. The highest BCUT2D eigenvalue weighted by Gasteiger charge is 2.33. The maximum Gasteiger partial charge on any atom is 0.399 e. The van der Waals surface area contributed by atoms with Crippen LogP contribution in [0, 0.1) is 6.85 Å². The Morgan fingerprint density at radius 2 is 2.00 bits per heavy atom. The van der Waals surface area contributed by atoms with Gasteiger partial charge in [0.15, 0.2) is 11.8 Å². The maximum absolute atomic E-state index is 7.56. The number of aromatic nitrogens is 1. The molecule has 3 heteroatoms. The second-order valence-electron chi connectivity index (χ2n) is 5.42. The molecule has 0 saturated carbocycles. The number of hydrogen-bond acceptors (Lipinski definition) is 1. The molecule has 1 aliphatic rings. The fourth-order valence-electron chi connectivity index (χ4n) is 3.05. The van der Waals surface area contributed by atoms with Gasteiger partial charge in [-0.3, -0.25) is 0 Å². The van der Waals surface area contributed by atoms with Gasteiger partial charge in [0.25, 0.3) is 0 Å². The van der Waals surface area contributed by atoms with E-state index in [4.69, 9.17) is 4.11 Å². The van der Waals surface area contributed by atoms with Gasteiger partial charge in [-0.15, -0.1) is 0 Å². The lowest BCUT2D eigenvalue weighted by molar-refractivity contribution is -0.654. The van der Waals surface area contributed by atoms with Crippen molar-refractivity contribution in [3.63, 3.8) is 0 Å². The first-order chi connectivity index (χ1) is 10.8. The van der Waals surface area contributed by atoms with Crippen LogP contribution in [0.15, 0.2) is 42.6 Å².